The van der Waals surface area contributed by atoms with Crippen LogP contribution in [0.2, 0.25) is 5.02 Å². The Balaban J connectivity index is 2.29. The summed E-state index contributed by atoms with van der Waals surface area (Å²) in [6.45, 7) is 2.05. The van der Waals surface area contributed by atoms with E-state index in [2.05, 4.69) is 5.32 Å². The summed E-state index contributed by atoms with van der Waals surface area (Å²) < 4.78 is 0. The van der Waals surface area contributed by atoms with Gasteiger partial charge in [-0.15, -0.1) is 0 Å². The molecule has 70 valence electrons. The van der Waals surface area contributed by atoms with Crippen LogP contribution < -0.4 is 5.32 Å². The molecule has 3 heteroatoms. The molecule has 0 unspecified atom stereocenters. The van der Waals surface area contributed by atoms with E-state index in [1.807, 2.05) is 6.07 Å². The van der Waals surface area contributed by atoms with E-state index in [0.29, 0.717) is 10.9 Å². The normalized spacial score (nSPS) is 22.1. The fraction of sp³-hybridized carbons (Fsp3) is 0.400. The topological polar surface area (TPSA) is 32.3 Å². The maximum atomic E-state index is 9.18. The van der Waals surface area contributed by atoms with Gasteiger partial charge < -0.3 is 10.4 Å². The summed E-state index contributed by atoms with van der Waals surface area (Å²) in [6.07, 6.45) is 1.13. The van der Waals surface area contributed by atoms with Crippen molar-refractivity contribution >= 4 is 11.6 Å². The van der Waals surface area contributed by atoms with Gasteiger partial charge in [-0.3, -0.25) is 0 Å². The van der Waals surface area contributed by atoms with E-state index in [1.165, 1.54) is 0 Å². The van der Waals surface area contributed by atoms with Gasteiger partial charge in [0.2, 0.25) is 0 Å². The van der Waals surface area contributed by atoms with E-state index in [4.69, 9.17) is 11.6 Å². The molecule has 0 aromatic heterocycles. The van der Waals surface area contributed by atoms with Crippen molar-refractivity contribution in [3.63, 3.8) is 0 Å². The molecule has 1 saturated heterocycles. The summed E-state index contributed by atoms with van der Waals surface area (Å²) in [5.74, 6) is 0.743. The van der Waals surface area contributed by atoms with Crippen LogP contribution in [0.4, 0.5) is 0 Å². The van der Waals surface area contributed by atoms with Crippen molar-refractivity contribution < 1.29 is 5.11 Å². The Morgan fingerprint density at radius 3 is 2.92 bits per heavy atom. The highest BCUT2D eigenvalue weighted by Crippen LogP contribution is 2.31. The summed E-state index contributed by atoms with van der Waals surface area (Å²) in [6, 6.07) is 5.21. The Bertz CT molecular complexity index is 308. The molecule has 0 saturated carbocycles. The van der Waals surface area contributed by atoms with E-state index in [1.54, 1.807) is 12.1 Å². The van der Waals surface area contributed by atoms with Gasteiger partial charge in [0.05, 0.1) is 0 Å². The summed E-state index contributed by atoms with van der Waals surface area (Å²) in [7, 11) is 0. The maximum Gasteiger partial charge on any atom is 0.117 e. The van der Waals surface area contributed by atoms with Crippen LogP contribution >= 0.6 is 11.6 Å². The van der Waals surface area contributed by atoms with Crippen molar-refractivity contribution in [3.05, 3.63) is 28.8 Å². The lowest BCUT2D eigenvalue weighted by atomic mass is 9.98. The summed E-state index contributed by atoms with van der Waals surface area (Å²) in [4.78, 5) is 0. The minimum Gasteiger partial charge on any atom is -0.508 e. The monoisotopic (exact) mass is 197 g/mol. The van der Waals surface area contributed by atoms with E-state index in [-0.39, 0.29) is 5.75 Å². The van der Waals surface area contributed by atoms with Crippen LogP contribution in [0.25, 0.3) is 0 Å². The lowest BCUT2D eigenvalue weighted by Crippen LogP contribution is -2.08. The van der Waals surface area contributed by atoms with Crippen molar-refractivity contribution in [1.82, 2.24) is 5.32 Å². The smallest absolute Gasteiger partial charge is 0.117 e. The number of hydrogen-bond acceptors (Lipinski definition) is 2. The second kappa shape index (κ2) is 3.56. The Morgan fingerprint density at radius 2 is 2.31 bits per heavy atom. The molecule has 0 amide bonds. The van der Waals surface area contributed by atoms with Gasteiger partial charge in [0.25, 0.3) is 0 Å². The molecule has 0 radical (unpaired) electrons. The standard InChI is InChI=1S/C10H12ClNO/c11-10-5-8(13)1-2-9(10)7-3-4-12-6-7/h1-2,5,7,12-13H,3-4,6H2/t7-/m1/s1. The first-order valence-corrected chi connectivity index (χ1v) is 4.84. The van der Waals surface area contributed by atoms with Crippen molar-refractivity contribution in [2.24, 2.45) is 0 Å². The molecule has 1 aromatic rings. The highest BCUT2D eigenvalue weighted by molar-refractivity contribution is 6.31. The minimum atomic E-state index is 0.236. The van der Waals surface area contributed by atoms with Gasteiger partial charge in [-0.25, -0.2) is 0 Å². The molecule has 0 bridgehead atoms. The molecule has 1 heterocycles. The van der Waals surface area contributed by atoms with Crippen molar-refractivity contribution in [3.8, 4) is 5.75 Å². The predicted octanol–water partition coefficient (Wildman–Crippen LogP) is 2.12. The van der Waals surface area contributed by atoms with E-state index in [0.717, 1.165) is 25.1 Å². The van der Waals surface area contributed by atoms with Gasteiger partial charge in [0.15, 0.2) is 0 Å². The van der Waals surface area contributed by atoms with E-state index < -0.39 is 0 Å². The van der Waals surface area contributed by atoms with Crippen LogP contribution in [0.3, 0.4) is 0 Å². The third-order valence-electron chi connectivity index (χ3n) is 2.48. The molecule has 1 fully saturated rings. The molecule has 1 aliphatic heterocycles. The summed E-state index contributed by atoms with van der Waals surface area (Å²) in [5, 5.41) is 13.1. The van der Waals surface area contributed by atoms with Crippen LogP contribution in [-0.2, 0) is 0 Å². The van der Waals surface area contributed by atoms with Crippen LogP contribution in [0.15, 0.2) is 18.2 Å². The Kier molecular flexibility index (Phi) is 2.42. The summed E-state index contributed by atoms with van der Waals surface area (Å²) >= 11 is 6.02. The molecule has 2 rings (SSSR count). The number of aromatic hydroxyl groups is 1. The number of benzene rings is 1. The predicted molar refractivity (Wildman–Crippen MR) is 53.3 cm³/mol. The minimum absolute atomic E-state index is 0.236. The lowest BCUT2D eigenvalue weighted by molar-refractivity contribution is 0.475. The first-order valence-electron chi connectivity index (χ1n) is 4.46. The highest BCUT2D eigenvalue weighted by atomic mass is 35.5. The van der Waals surface area contributed by atoms with Crippen molar-refractivity contribution in [2.75, 3.05) is 13.1 Å². The van der Waals surface area contributed by atoms with Gasteiger partial charge in [0, 0.05) is 11.6 Å². The molecule has 0 aliphatic carbocycles. The van der Waals surface area contributed by atoms with Gasteiger partial charge >= 0.3 is 0 Å². The number of phenolic OH excluding ortho intramolecular Hbond substituents is 1. The van der Waals surface area contributed by atoms with Gasteiger partial charge in [-0.2, -0.15) is 0 Å². The third kappa shape index (κ3) is 1.79. The van der Waals surface area contributed by atoms with Crippen LogP contribution in [0.1, 0.15) is 17.9 Å². The summed E-state index contributed by atoms with van der Waals surface area (Å²) in [5.41, 5.74) is 1.14. The van der Waals surface area contributed by atoms with E-state index in [9.17, 15) is 5.11 Å². The van der Waals surface area contributed by atoms with Crippen molar-refractivity contribution in [1.29, 1.82) is 0 Å². The Hall–Kier alpha value is -0.730. The first kappa shape index (κ1) is 8.85. The zero-order chi connectivity index (χ0) is 9.26. The number of hydrogen-bond donors (Lipinski definition) is 2. The molecule has 13 heavy (non-hydrogen) atoms. The largest absolute Gasteiger partial charge is 0.508 e. The fourth-order valence-electron chi connectivity index (χ4n) is 1.77. The highest BCUT2D eigenvalue weighted by Gasteiger charge is 2.18. The zero-order valence-corrected chi connectivity index (χ0v) is 8.01. The number of nitrogens with one attached hydrogen (secondary N) is 1. The first-order chi connectivity index (χ1) is 6.27. The van der Waals surface area contributed by atoms with Crippen LogP contribution in [-0.4, -0.2) is 18.2 Å². The average Bonchev–Trinajstić information content (AvgIpc) is 2.56. The van der Waals surface area contributed by atoms with Gasteiger partial charge in [0.1, 0.15) is 5.75 Å². The molecule has 2 nitrogen and oxygen atoms in total. The van der Waals surface area contributed by atoms with Gasteiger partial charge in [-0.1, -0.05) is 17.7 Å². The molecule has 1 aromatic carbocycles. The second-order valence-corrected chi connectivity index (χ2v) is 3.80. The molecular weight excluding hydrogens is 186 g/mol. The number of rotatable bonds is 1. The maximum absolute atomic E-state index is 9.18. The Labute approximate surface area is 82.5 Å². The number of phenols is 1. The van der Waals surface area contributed by atoms with Crippen LogP contribution in [0.5, 0.6) is 5.75 Å². The lowest BCUT2D eigenvalue weighted by Gasteiger charge is -2.10. The van der Waals surface area contributed by atoms with Gasteiger partial charge in [-0.05, 0) is 36.6 Å². The Morgan fingerprint density at radius 1 is 1.46 bits per heavy atom. The molecule has 0 spiro atoms. The van der Waals surface area contributed by atoms with E-state index >= 15 is 0 Å². The van der Waals surface area contributed by atoms with Crippen molar-refractivity contribution in [2.45, 2.75) is 12.3 Å². The molecule has 1 atom stereocenters. The SMILES string of the molecule is Oc1ccc([C@@H]2CCNC2)c(Cl)c1. The van der Waals surface area contributed by atoms with Crippen LogP contribution in [0, 0.1) is 0 Å². The average molecular weight is 198 g/mol. The fourth-order valence-corrected chi connectivity index (χ4v) is 2.10. The second-order valence-electron chi connectivity index (χ2n) is 3.40. The molecule has 1 aliphatic rings. The molecular formula is C10H12ClNO. The quantitative estimate of drug-likeness (QED) is 0.723. The molecule has 2 N–H and O–H groups in total. The number of halogens is 1. The third-order valence-corrected chi connectivity index (χ3v) is 2.81. The zero-order valence-electron chi connectivity index (χ0n) is 7.26.